The van der Waals surface area contributed by atoms with Crippen molar-refractivity contribution >= 4 is 35.6 Å². The highest BCUT2D eigenvalue weighted by Crippen LogP contribution is 2.18. The van der Waals surface area contributed by atoms with Crippen LogP contribution in [0.5, 0.6) is 0 Å². The minimum atomic E-state index is -0.558. The molecule has 1 heterocycles. The molecule has 1 fully saturated rings. The first-order chi connectivity index (χ1) is 8.16. The maximum absolute atomic E-state index is 13.1. The number of benzene rings is 1. The SMILES string of the molecule is Cl.O=C(Nc1ccc(Cl)c(F)c1)C1COCCN1. The van der Waals surface area contributed by atoms with Gasteiger partial charge in [0.1, 0.15) is 11.9 Å². The zero-order valence-electron chi connectivity index (χ0n) is 9.41. The van der Waals surface area contributed by atoms with Gasteiger partial charge < -0.3 is 15.4 Å². The molecule has 1 unspecified atom stereocenters. The molecule has 1 amide bonds. The summed E-state index contributed by atoms with van der Waals surface area (Å²) in [6.07, 6.45) is 0. The zero-order valence-corrected chi connectivity index (χ0v) is 11.0. The maximum Gasteiger partial charge on any atom is 0.243 e. The monoisotopic (exact) mass is 294 g/mol. The summed E-state index contributed by atoms with van der Waals surface area (Å²) in [6.45, 7) is 1.55. The molecule has 1 aromatic rings. The van der Waals surface area contributed by atoms with Crippen LogP contribution in [0.4, 0.5) is 10.1 Å². The van der Waals surface area contributed by atoms with E-state index in [1.165, 1.54) is 12.1 Å². The number of nitrogens with one attached hydrogen (secondary N) is 2. The van der Waals surface area contributed by atoms with E-state index in [0.717, 1.165) is 0 Å². The van der Waals surface area contributed by atoms with Gasteiger partial charge in [-0.3, -0.25) is 4.79 Å². The standard InChI is InChI=1S/C11H12ClFN2O2.ClH/c12-8-2-1-7(5-9(8)13)15-11(16)10-6-17-4-3-14-10;/h1-2,5,10,14H,3-4,6H2,(H,15,16);1H. The van der Waals surface area contributed by atoms with E-state index in [9.17, 15) is 9.18 Å². The number of ether oxygens (including phenoxy) is 1. The molecule has 1 aliphatic rings. The van der Waals surface area contributed by atoms with Crippen molar-refractivity contribution in [3.05, 3.63) is 29.0 Å². The van der Waals surface area contributed by atoms with Gasteiger partial charge in [0, 0.05) is 12.2 Å². The highest BCUT2D eigenvalue weighted by atomic mass is 35.5. The van der Waals surface area contributed by atoms with Crippen LogP contribution < -0.4 is 10.6 Å². The Labute approximate surface area is 115 Å². The number of hydrogen-bond donors (Lipinski definition) is 2. The number of carbonyl (C=O) groups excluding carboxylic acids is 1. The summed E-state index contributed by atoms with van der Waals surface area (Å²) in [5.41, 5.74) is 0.379. The van der Waals surface area contributed by atoms with Crippen LogP contribution in [0.15, 0.2) is 18.2 Å². The molecule has 1 aromatic carbocycles. The molecule has 18 heavy (non-hydrogen) atoms. The van der Waals surface area contributed by atoms with Gasteiger partial charge in [0.2, 0.25) is 5.91 Å². The number of rotatable bonds is 2. The van der Waals surface area contributed by atoms with E-state index in [0.29, 0.717) is 25.4 Å². The lowest BCUT2D eigenvalue weighted by molar-refractivity contribution is -0.120. The molecule has 1 atom stereocenters. The van der Waals surface area contributed by atoms with Gasteiger partial charge in [0.25, 0.3) is 0 Å². The van der Waals surface area contributed by atoms with Gasteiger partial charge in [0.05, 0.1) is 18.2 Å². The number of halogens is 3. The van der Waals surface area contributed by atoms with Gasteiger partial charge in [-0.1, -0.05) is 11.6 Å². The van der Waals surface area contributed by atoms with Crippen molar-refractivity contribution in [3.63, 3.8) is 0 Å². The summed E-state index contributed by atoms with van der Waals surface area (Å²) in [6, 6.07) is 3.73. The molecule has 2 rings (SSSR count). The zero-order chi connectivity index (χ0) is 12.3. The van der Waals surface area contributed by atoms with Crippen molar-refractivity contribution in [2.75, 3.05) is 25.1 Å². The third-order valence-corrected chi connectivity index (χ3v) is 2.73. The first-order valence-electron chi connectivity index (χ1n) is 5.24. The van der Waals surface area contributed by atoms with Crippen LogP contribution in [0.3, 0.4) is 0 Å². The number of hydrogen-bond acceptors (Lipinski definition) is 3. The molecule has 4 nitrogen and oxygen atoms in total. The fourth-order valence-corrected chi connectivity index (χ4v) is 1.65. The van der Waals surface area contributed by atoms with E-state index in [1.807, 2.05) is 0 Å². The molecule has 0 spiro atoms. The summed E-state index contributed by atoms with van der Waals surface area (Å²) >= 11 is 5.55. The number of carbonyl (C=O) groups is 1. The first kappa shape index (κ1) is 15.2. The number of amides is 1. The van der Waals surface area contributed by atoms with Crippen LogP contribution >= 0.6 is 24.0 Å². The molecule has 0 radical (unpaired) electrons. The Hall–Kier alpha value is -0.880. The molecular formula is C11H13Cl2FN2O2. The van der Waals surface area contributed by atoms with Crippen LogP contribution in [0, 0.1) is 5.82 Å². The largest absolute Gasteiger partial charge is 0.378 e. The lowest BCUT2D eigenvalue weighted by Crippen LogP contribution is -2.48. The number of anilines is 1. The minimum absolute atomic E-state index is 0. The van der Waals surface area contributed by atoms with Crippen molar-refractivity contribution in [1.82, 2.24) is 5.32 Å². The van der Waals surface area contributed by atoms with Gasteiger partial charge in [0.15, 0.2) is 0 Å². The Bertz CT molecular complexity index is 426. The van der Waals surface area contributed by atoms with Crippen LogP contribution in [0.2, 0.25) is 5.02 Å². The van der Waals surface area contributed by atoms with E-state index in [-0.39, 0.29) is 23.3 Å². The third kappa shape index (κ3) is 3.81. The van der Waals surface area contributed by atoms with Gasteiger partial charge in [-0.05, 0) is 18.2 Å². The molecule has 0 aliphatic carbocycles. The molecule has 1 saturated heterocycles. The van der Waals surface area contributed by atoms with Crippen molar-refractivity contribution in [2.24, 2.45) is 0 Å². The van der Waals surface area contributed by atoms with Gasteiger partial charge >= 0.3 is 0 Å². The average Bonchev–Trinajstić information content (AvgIpc) is 2.35. The lowest BCUT2D eigenvalue weighted by atomic mass is 10.2. The maximum atomic E-state index is 13.1. The minimum Gasteiger partial charge on any atom is -0.378 e. The quantitative estimate of drug-likeness (QED) is 0.875. The normalized spacial score (nSPS) is 18.9. The lowest BCUT2D eigenvalue weighted by Gasteiger charge is -2.22. The molecule has 100 valence electrons. The second-order valence-electron chi connectivity index (χ2n) is 3.70. The second kappa shape index (κ2) is 6.89. The molecule has 2 N–H and O–H groups in total. The van der Waals surface area contributed by atoms with Gasteiger partial charge in [-0.25, -0.2) is 4.39 Å². The van der Waals surface area contributed by atoms with E-state index in [4.69, 9.17) is 16.3 Å². The summed E-state index contributed by atoms with van der Waals surface area (Å²) in [7, 11) is 0. The molecular weight excluding hydrogens is 282 g/mol. The highest BCUT2D eigenvalue weighted by molar-refractivity contribution is 6.30. The fraction of sp³-hybridized carbons (Fsp3) is 0.364. The summed E-state index contributed by atoms with van der Waals surface area (Å²) < 4.78 is 18.3. The van der Waals surface area contributed by atoms with Gasteiger partial charge in [-0.2, -0.15) is 0 Å². The predicted molar refractivity (Wildman–Crippen MR) is 69.9 cm³/mol. The van der Waals surface area contributed by atoms with Crippen molar-refractivity contribution in [3.8, 4) is 0 Å². The highest BCUT2D eigenvalue weighted by Gasteiger charge is 2.21. The second-order valence-corrected chi connectivity index (χ2v) is 4.11. The van der Waals surface area contributed by atoms with Crippen LogP contribution in [0.25, 0.3) is 0 Å². The Kier molecular flexibility index (Phi) is 5.81. The molecule has 7 heteroatoms. The predicted octanol–water partition coefficient (Wildman–Crippen LogP) is 1.83. The smallest absolute Gasteiger partial charge is 0.243 e. The van der Waals surface area contributed by atoms with E-state index < -0.39 is 11.9 Å². The van der Waals surface area contributed by atoms with E-state index >= 15 is 0 Å². The molecule has 0 aromatic heterocycles. The number of morpholine rings is 1. The molecule has 0 bridgehead atoms. The Balaban J connectivity index is 0.00000162. The summed E-state index contributed by atoms with van der Waals surface area (Å²) in [5.74, 6) is -0.802. The van der Waals surface area contributed by atoms with E-state index in [2.05, 4.69) is 10.6 Å². The van der Waals surface area contributed by atoms with Crippen LogP contribution in [-0.4, -0.2) is 31.7 Å². The van der Waals surface area contributed by atoms with Crippen LogP contribution in [0.1, 0.15) is 0 Å². The Morgan fingerprint density at radius 3 is 2.94 bits per heavy atom. The topological polar surface area (TPSA) is 50.4 Å². The van der Waals surface area contributed by atoms with Crippen molar-refractivity contribution in [2.45, 2.75) is 6.04 Å². The fourth-order valence-electron chi connectivity index (χ4n) is 1.54. The molecule has 1 aliphatic heterocycles. The Morgan fingerprint density at radius 2 is 2.33 bits per heavy atom. The van der Waals surface area contributed by atoms with Crippen LogP contribution in [-0.2, 0) is 9.53 Å². The summed E-state index contributed by atoms with van der Waals surface area (Å²) in [5, 5.41) is 5.64. The van der Waals surface area contributed by atoms with E-state index in [1.54, 1.807) is 6.07 Å². The first-order valence-corrected chi connectivity index (χ1v) is 5.61. The Morgan fingerprint density at radius 1 is 1.56 bits per heavy atom. The van der Waals surface area contributed by atoms with Crippen molar-refractivity contribution < 1.29 is 13.9 Å². The van der Waals surface area contributed by atoms with Gasteiger partial charge in [-0.15, -0.1) is 12.4 Å². The van der Waals surface area contributed by atoms with Crippen molar-refractivity contribution in [1.29, 1.82) is 0 Å². The third-order valence-electron chi connectivity index (χ3n) is 2.43. The average molecular weight is 295 g/mol. The summed E-state index contributed by atoms with van der Waals surface area (Å²) in [4.78, 5) is 11.8. The molecule has 0 saturated carbocycles.